The number of nitrogens with one attached hydrogen (secondary N) is 2. The van der Waals surface area contributed by atoms with Crippen LogP contribution in [0.3, 0.4) is 0 Å². The van der Waals surface area contributed by atoms with Crippen LogP contribution < -0.4 is 10.6 Å². The third-order valence-electron chi connectivity index (χ3n) is 4.32. The predicted octanol–water partition coefficient (Wildman–Crippen LogP) is 3.51. The molecule has 1 heterocycles. The van der Waals surface area contributed by atoms with Crippen molar-refractivity contribution >= 4 is 34.9 Å². The zero-order chi connectivity index (χ0) is 20.1. The van der Waals surface area contributed by atoms with Crippen LogP contribution in [0, 0.1) is 0 Å². The summed E-state index contributed by atoms with van der Waals surface area (Å²) in [6.45, 7) is 7.46. The molecule has 0 aliphatic carbocycles. The Morgan fingerprint density at radius 2 is 1.93 bits per heavy atom. The van der Waals surface area contributed by atoms with Gasteiger partial charge in [-0.2, -0.15) is 0 Å². The maximum atomic E-state index is 12.7. The molecule has 1 atom stereocenters. The average Bonchev–Trinajstić information content (AvgIpc) is 2.59. The largest absolute Gasteiger partial charge is 0.459 e. The van der Waals surface area contributed by atoms with E-state index in [0.717, 1.165) is 23.4 Å². The van der Waals surface area contributed by atoms with Crippen molar-refractivity contribution < 1.29 is 14.3 Å². The molecule has 1 aromatic carbocycles. The predicted molar refractivity (Wildman–Crippen MR) is 110 cm³/mol. The molecule has 2 rings (SSSR count). The second kappa shape index (κ2) is 8.99. The normalized spacial score (nSPS) is 17.0. The lowest BCUT2D eigenvalue weighted by atomic mass is 9.95. The molecule has 1 amide bonds. The highest BCUT2D eigenvalue weighted by Gasteiger charge is 2.33. The van der Waals surface area contributed by atoms with E-state index in [4.69, 9.17) is 17.0 Å². The Balaban J connectivity index is 2.32. The van der Waals surface area contributed by atoms with E-state index in [1.165, 1.54) is 0 Å². The fourth-order valence-corrected chi connectivity index (χ4v) is 3.09. The number of allylic oxidation sites excluding steroid dienone is 1. The number of carbonyl (C=O) groups is 2. The molecule has 0 saturated carbocycles. The van der Waals surface area contributed by atoms with Crippen LogP contribution in [-0.4, -0.2) is 35.0 Å². The first-order valence-electron chi connectivity index (χ1n) is 9.10. The molecule has 1 aliphatic rings. The van der Waals surface area contributed by atoms with Gasteiger partial charge in [0.05, 0.1) is 17.7 Å². The molecule has 146 valence electrons. The second-order valence-electron chi connectivity index (χ2n) is 6.81. The Kier molecular flexibility index (Phi) is 6.96. The quantitative estimate of drug-likeness (QED) is 0.573. The van der Waals surface area contributed by atoms with Crippen LogP contribution >= 0.6 is 12.2 Å². The Labute approximate surface area is 166 Å². The smallest absolute Gasteiger partial charge is 0.338 e. The van der Waals surface area contributed by atoms with Crippen LogP contribution in [-0.2, 0) is 14.3 Å². The summed E-state index contributed by atoms with van der Waals surface area (Å²) in [6, 6.07) is 7.01. The Morgan fingerprint density at radius 3 is 2.48 bits per heavy atom. The number of anilines is 1. The first kappa shape index (κ1) is 20.9. The zero-order valence-corrected chi connectivity index (χ0v) is 17.3. The summed E-state index contributed by atoms with van der Waals surface area (Å²) < 4.78 is 5.43. The summed E-state index contributed by atoms with van der Waals surface area (Å²) in [5.41, 5.74) is 2.88. The van der Waals surface area contributed by atoms with Crippen LogP contribution in [0.2, 0.25) is 0 Å². The molecule has 0 fully saturated rings. The molecule has 0 saturated heterocycles. The van der Waals surface area contributed by atoms with Gasteiger partial charge in [-0.05, 0) is 57.1 Å². The van der Waals surface area contributed by atoms with Gasteiger partial charge in [-0.15, -0.1) is 0 Å². The minimum Gasteiger partial charge on any atom is -0.459 e. The van der Waals surface area contributed by atoms with Crippen LogP contribution in [0.4, 0.5) is 5.69 Å². The molecular weight excluding hydrogens is 362 g/mol. The molecule has 0 radical (unpaired) electrons. The summed E-state index contributed by atoms with van der Waals surface area (Å²) >= 11 is 5.39. The van der Waals surface area contributed by atoms with E-state index in [9.17, 15) is 9.59 Å². The molecule has 7 heteroatoms. The highest BCUT2D eigenvalue weighted by Crippen LogP contribution is 2.31. The van der Waals surface area contributed by atoms with Crippen molar-refractivity contribution in [2.24, 2.45) is 0 Å². The lowest BCUT2D eigenvalue weighted by molar-refractivity contribution is -0.143. The van der Waals surface area contributed by atoms with Gasteiger partial charge >= 0.3 is 5.97 Å². The van der Waals surface area contributed by atoms with E-state index in [2.05, 4.69) is 10.6 Å². The number of thiocarbonyl (C=S) groups is 1. The summed E-state index contributed by atoms with van der Waals surface area (Å²) in [5, 5.41) is 6.61. The number of nitrogens with zero attached hydrogens (tertiary/aromatic N) is 1. The number of amides is 1. The van der Waals surface area contributed by atoms with Gasteiger partial charge in [0.2, 0.25) is 5.91 Å². The topological polar surface area (TPSA) is 70.7 Å². The lowest BCUT2D eigenvalue weighted by Gasteiger charge is -2.35. The lowest BCUT2D eigenvalue weighted by Crippen LogP contribution is -2.46. The summed E-state index contributed by atoms with van der Waals surface area (Å²) in [6.07, 6.45) is 1.07. The van der Waals surface area contributed by atoms with Gasteiger partial charge in [0.15, 0.2) is 5.11 Å². The standard InChI is InChI=1S/C20H27N3O3S/c1-6-7-16(24)21-15-10-8-14(9-11-15)18-17(19(25)26-12(2)3)13(4)23(5)20(27)22-18/h8-12,18H,6-7H2,1-5H3,(H,21,24)(H,22,27). The molecule has 2 N–H and O–H groups in total. The number of rotatable bonds is 6. The van der Waals surface area contributed by atoms with Crippen molar-refractivity contribution in [1.29, 1.82) is 0 Å². The first-order chi connectivity index (χ1) is 12.7. The van der Waals surface area contributed by atoms with Gasteiger partial charge in [-0.25, -0.2) is 4.79 Å². The number of ether oxygens (including phenoxy) is 1. The van der Waals surface area contributed by atoms with Gasteiger partial charge in [-0.1, -0.05) is 19.1 Å². The molecule has 6 nitrogen and oxygen atoms in total. The van der Waals surface area contributed by atoms with Crippen LogP contribution in [0.15, 0.2) is 35.5 Å². The van der Waals surface area contributed by atoms with Crippen molar-refractivity contribution in [2.45, 2.75) is 52.7 Å². The highest BCUT2D eigenvalue weighted by molar-refractivity contribution is 7.80. The fraction of sp³-hybridized carbons (Fsp3) is 0.450. The molecule has 0 spiro atoms. The molecule has 1 unspecified atom stereocenters. The van der Waals surface area contributed by atoms with E-state index in [0.29, 0.717) is 17.1 Å². The van der Waals surface area contributed by atoms with Gasteiger partial charge in [-0.3, -0.25) is 4.79 Å². The number of esters is 1. The van der Waals surface area contributed by atoms with Crippen LogP contribution in [0.25, 0.3) is 0 Å². The zero-order valence-electron chi connectivity index (χ0n) is 16.5. The molecule has 27 heavy (non-hydrogen) atoms. The molecular formula is C20H27N3O3S. The Bertz CT molecular complexity index is 756. The molecule has 1 aliphatic heterocycles. The molecule has 1 aromatic rings. The third-order valence-corrected chi connectivity index (χ3v) is 4.71. The summed E-state index contributed by atoms with van der Waals surface area (Å²) in [4.78, 5) is 26.2. The molecule has 0 bridgehead atoms. The van der Waals surface area contributed by atoms with E-state index in [1.54, 1.807) is 4.90 Å². The fourth-order valence-electron chi connectivity index (χ4n) is 2.84. The number of hydrogen-bond acceptors (Lipinski definition) is 4. The molecule has 0 aromatic heterocycles. The maximum Gasteiger partial charge on any atom is 0.338 e. The third kappa shape index (κ3) is 5.07. The van der Waals surface area contributed by atoms with Gasteiger partial charge < -0.3 is 20.3 Å². The van der Waals surface area contributed by atoms with E-state index < -0.39 is 6.04 Å². The summed E-state index contributed by atoms with van der Waals surface area (Å²) in [7, 11) is 1.82. The van der Waals surface area contributed by atoms with E-state index in [1.807, 2.05) is 59.0 Å². The monoisotopic (exact) mass is 389 g/mol. The number of benzene rings is 1. The number of hydrogen-bond donors (Lipinski definition) is 2. The SMILES string of the molecule is CCCC(=O)Nc1ccc(C2NC(=S)N(C)C(C)=C2C(=O)OC(C)C)cc1. The minimum absolute atomic E-state index is 0.0132. The maximum absolute atomic E-state index is 12.7. The Morgan fingerprint density at radius 1 is 1.30 bits per heavy atom. The van der Waals surface area contributed by atoms with Crippen molar-refractivity contribution in [1.82, 2.24) is 10.2 Å². The van der Waals surface area contributed by atoms with Crippen molar-refractivity contribution in [2.75, 3.05) is 12.4 Å². The van der Waals surface area contributed by atoms with Crippen molar-refractivity contribution in [3.05, 3.63) is 41.1 Å². The second-order valence-corrected chi connectivity index (χ2v) is 7.20. The van der Waals surface area contributed by atoms with E-state index in [-0.39, 0.29) is 18.0 Å². The first-order valence-corrected chi connectivity index (χ1v) is 9.51. The highest BCUT2D eigenvalue weighted by atomic mass is 32.1. The minimum atomic E-state index is -0.402. The van der Waals surface area contributed by atoms with E-state index >= 15 is 0 Å². The Hall–Kier alpha value is -2.41. The van der Waals surface area contributed by atoms with Crippen molar-refractivity contribution in [3.8, 4) is 0 Å². The van der Waals surface area contributed by atoms with Crippen LogP contribution in [0.1, 0.15) is 52.1 Å². The summed E-state index contributed by atoms with van der Waals surface area (Å²) in [5.74, 6) is -0.379. The van der Waals surface area contributed by atoms with Gasteiger partial charge in [0.1, 0.15) is 0 Å². The number of carbonyl (C=O) groups excluding carboxylic acids is 2. The van der Waals surface area contributed by atoms with Crippen molar-refractivity contribution in [3.63, 3.8) is 0 Å². The van der Waals surface area contributed by atoms with Gasteiger partial charge in [0, 0.05) is 24.9 Å². The average molecular weight is 390 g/mol. The van der Waals surface area contributed by atoms with Crippen LogP contribution in [0.5, 0.6) is 0 Å². The van der Waals surface area contributed by atoms with Gasteiger partial charge in [0.25, 0.3) is 0 Å².